The topological polar surface area (TPSA) is 66.8 Å². The van der Waals surface area contributed by atoms with E-state index in [1.807, 2.05) is 30.3 Å². The first-order valence-electron chi connectivity index (χ1n) is 5.49. The normalized spacial score (nSPS) is 9.53. The Kier molecular flexibility index (Phi) is 4.88. The van der Waals surface area contributed by atoms with Crippen molar-refractivity contribution in [1.82, 2.24) is 4.90 Å². The van der Waals surface area contributed by atoms with Gasteiger partial charge in [-0.3, -0.25) is 0 Å². The van der Waals surface area contributed by atoms with Gasteiger partial charge in [0.15, 0.2) is 0 Å². The van der Waals surface area contributed by atoms with Gasteiger partial charge in [-0.15, -0.1) is 0 Å². The van der Waals surface area contributed by atoms with Gasteiger partial charge in [0.1, 0.15) is 18.0 Å². The zero-order valence-corrected chi connectivity index (χ0v) is 10.6. The van der Waals surface area contributed by atoms with Crippen LogP contribution in [0.1, 0.15) is 5.56 Å². The van der Waals surface area contributed by atoms with Gasteiger partial charge in [0.2, 0.25) is 0 Å². The number of nitrogens with zero attached hydrogens (tertiary/aromatic N) is 1. The molecule has 0 aliphatic heterocycles. The van der Waals surface area contributed by atoms with Crippen LogP contribution in [0.25, 0.3) is 0 Å². The number of ether oxygens (including phenoxy) is 1. The molecule has 1 aromatic rings. The van der Waals surface area contributed by atoms with Crippen LogP contribution in [0.5, 0.6) is 0 Å². The van der Waals surface area contributed by atoms with E-state index >= 15 is 0 Å². The van der Waals surface area contributed by atoms with Gasteiger partial charge in [-0.25, -0.2) is 9.59 Å². The molecule has 0 saturated heterocycles. The first-order valence-corrected chi connectivity index (χ1v) is 5.49. The average Bonchev–Trinajstić information content (AvgIpc) is 2.43. The summed E-state index contributed by atoms with van der Waals surface area (Å²) in [5.41, 5.74) is 0.508. The molecule has 0 spiro atoms. The van der Waals surface area contributed by atoms with Gasteiger partial charge in [-0.05, 0) is 5.56 Å². The van der Waals surface area contributed by atoms with Gasteiger partial charge < -0.3 is 14.7 Å². The van der Waals surface area contributed by atoms with Gasteiger partial charge in [-0.2, -0.15) is 0 Å². The first-order chi connectivity index (χ1) is 8.93. The predicted octanol–water partition coefficient (Wildman–Crippen LogP) is 1.77. The molecule has 1 aromatic carbocycles. The summed E-state index contributed by atoms with van der Waals surface area (Å²) in [7, 11) is 1.39. The number of carboxylic acid groups (broad SMARTS) is 1. The SMILES string of the molecule is C=C(C(=O)O)N(C)C(=C)C(=O)OCc1ccccc1. The second kappa shape index (κ2) is 6.39. The maximum Gasteiger partial charge on any atom is 0.354 e. The highest BCUT2D eigenvalue weighted by Gasteiger charge is 2.19. The fourth-order valence-electron chi connectivity index (χ4n) is 1.25. The number of likely N-dealkylation sites (N-methyl/N-ethyl adjacent to an activating group) is 1. The lowest BCUT2D eigenvalue weighted by Gasteiger charge is -2.19. The summed E-state index contributed by atoms with van der Waals surface area (Å²) in [5.74, 6) is -1.91. The van der Waals surface area contributed by atoms with Crippen LogP contribution >= 0.6 is 0 Å². The number of carbonyl (C=O) groups is 2. The van der Waals surface area contributed by atoms with E-state index < -0.39 is 11.9 Å². The van der Waals surface area contributed by atoms with Crippen LogP contribution in [-0.2, 0) is 20.9 Å². The summed E-state index contributed by atoms with van der Waals surface area (Å²) < 4.78 is 5.03. The fraction of sp³-hybridized carbons (Fsp3) is 0.143. The van der Waals surface area contributed by atoms with E-state index in [4.69, 9.17) is 9.84 Å². The van der Waals surface area contributed by atoms with Crippen molar-refractivity contribution in [2.45, 2.75) is 6.61 Å². The van der Waals surface area contributed by atoms with Crippen LogP contribution in [-0.4, -0.2) is 29.0 Å². The molecule has 0 aliphatic rings. The van der Waals surface area contributed by atoms with Gasteiger partial charge in [0, 0.05) is 7.05 Å². The largest absolute Gasteiger partial charge is 0.477 e. The Bertz CT molecular complexity index is 507. The Balaban J connectivity index is 2.56. The van der Waals surface area contributed by atoms with Crippen molar-refractivity contribution in [3.63, 3.8) is 0 Å². The number of rotatable bonds is 6. The van der Waals surface area contributed by atoms with E-state index in [1.165, 1.54) is 7.05 Å². The minimum Gasteiger partial charge on any atom is -0.477 e. The molecule has 1 N–H and O–H groups in total. The van der Waals surface area contributed by atoms with Crippen LogP contribution in [0, 0.1) is 0 Å². The molecule has 1 rings (SSSR count). The molecule has 5 heteroatoms. The lowest BCUT2D eigenvalue weighted by Crippen LogP contribution is -2.27. The number of carbonyl (C=O) groups excluding carboxylic acids is 1. The Morgan fingerprint density at radius 1 is 1.21 bits per heavy atom. The molecule has 19 heavy (non-hydrogen) atoms. The highest BCUT2D eigenvalue weighted by atomic mass is 16.5. The average molecular weight is 261 g/mol. The van der Waals surface area contributed by atoms with Crippen LogP contribution in [0.3, 0.4) is 0 Å². The van der Waals surface area contributed by atoms with E-state index in [-0.39, 0.29) is 18.0 Å². The molecule has 0 atom stereocenters. The molecule has 0 aliphatic carbocycles. The number of hydrogen-bond acceptors (Lipinski definition) is 4. The Labute approximate surface area is 111 Å². The lowest BCUT2D eigenvalue weighted by molar-refractivity contribution is -0.142. The highest BCUT2D eigenvalue weighted by molar-refractivity contribution is 5.91. The number of esters is 1. The van der Waals surface area contributed by atoms with Crippen LogP contribution < -0.4 is 0 Å². The minimum absolute atomic E-state index is 0.0802. The lowest BCUT2D eigenvalue weighted by atomic mass is 10.2. The summed E-state index contributed by atoms with van der Waals surface area (Å²) in [6.07, 6.45) is 0. The molecule has 0 bridgehead atoms. The van der Waals surface area contributed by atoms with Gasteiger partial charge in [-0.1, -0.05) is 43.5 Å². The predicted molar refractivity (Wildman–Crippen MR) is 69.9 cm³/mol. The molecule has 0 amide bonds. The molecular formula is C14H15NO4. The van der Waals surface area contributed by atoms with E-state index in [0.717, 1.165) is 10.5 Å². The zero-order valence-electron chi connectivity index (χ0n) is 10.6. The Morgan fingerprint density at radius 3 is 2.32 bits per heavy atom. The highest BCUT2D eigenvalue weighted by Crippen LogP contribution is 2.10. The number of carboxylic acids is 1. The molecule has 0 fully saturated rings. The third kappa shape index (κ3) is 3.99. The first kappa shape index (κ1) is 14.5. The van der Waals surface area contributed by atoms with Crippen LogP contribution in [0.15, 0.2) is 54.9 Å². The van der Waals surface area contributed by atoms with Gasteiger partial charge in [0.05, 0.1) is 0 Å². The van der Waals surface area contributed by atoms with Gasteiger partial charge >= 0.3 is 11.9 Å². The monoisotopic (exact) mass is 261 g/mol. The maximum atomic E-state index is 11.7. The molecule has 0 saturated carbocycles. The molecule has 5 nitrogen and oxygen atoms in total. The second-order valence-corrected chi connectivity index (χ2v) is 3.82. The molecule has 0 radical (unpaired) electrons. The van der Waals surface area contributed by atoms with Crippen molar-refractivity contribution < 1.29 is 19.4 Å². The third-order valence-electron chi connectivity index (χ3n) is 2.51. The third-order valence-corrected chi connectivity index (χ3v) is 2.51. The number of benzene rings is 1. The molecule has 100 valence electrons. The summed E-state index contributed by atoms with van der Waals surface area (Å²) in [4.78, 5) is 23.5. The van der Waals surface area contributed by atoms with Crippen LogP contribution in [0.2, 0.25) is 0 Å². The summed E-state index contributed by atoms with van der Waals surface area (Å²) in [6, 6.07) is 9.15. The Morgan fingerprint density at radius 2 is 1.79 bits per heavy atom. The summed E-state index contributed by atoms with van der Waals surface area (Å²) in [5, 5.41) is 8.76. The molecule has 0 aromatic heterocycles. The molecular weight excluding hydrogens is 246 g/mol. The zero-order chi connectivity index (χ0) is 14.4. The van der Waals surface area contributed by atoms with Crippen molar-refractivity contribution in [3.8, 4) is 0 Å². The minimum atomic E-state index is -1.22. The smallest absolute Gasteiger partial charge is 0.354 e. The van der Waals surface area contributed by atoms with E-state index in [1.54, 1.807) is 0 Å². The van der Waals surface area contributed by atoms with Gasteiger partial charge in [0.25, 0.3) is 0 Å². The van der Waals surface area contributed by atoms with Crippen molar-refractivity contribution in [2.24, 2.45) is 0 Å². The Hall–Kier alpha value is -2.56. The molecule has 0 heterocycles. The maximum absolute atomic E-state index is 11.7. The number of hydrogen-bond donors (Lipinski definition) is 1. The standard InChI is InChI=1S/C14H15NO4/c1-10(13(16)17)15(3)11(2)14(18)19-9-12-7-5-4-6-8-12/h4-8H,1-2,9H2,3H3,(H,16,17). The second-order valence-electron chi connectivity index (χ2n) is 3.82. The van der Waals surface area contributed by atoms with Crippen LogP contribution in [0.4, 0.5) is 0 Å². The van der Waals surface area contributed by atoms with E-state index in [2.05, 4.69) is 13.2 Å². The van der Waals surface area contributed by atoms with E-state index in [0.29, 0.717) is 0 Å². The van der Waals surface area contributed by atoms with Crippen molar-refractivity contribution in [2.75, 3.05) is 7.05 Å². The quantitative estimate of drug-likeness (QED) is 0.624. The van der Waals surface area contributed by atoms with E-state index in [9.17, 15) is 9.59 Å². The van der Waals surface area contributed by atoms with Crippen molar-refractivity contribution in [1.29, 1.82) is 0 Å². The summed E-state index contributed by atoms with van der Waals surface area (Å²) in [6.45, 7) is 6.93. The number of aliphatic carboxylic acids is 1. The van der Waals surface area contributed by atoms with Crippen molar-refractivity contribution in [3.05, 3.63) is 60.4 Å². The van der Waals surface area contributed by atoms with Crippen molar-refractivity contribution >= 4 is 11.9 Å². The fourth-order valence-corrected chi connectivity index (χ4v) is 1.25. The molecule has 0 unspecified atom stereocenters. The summed E-state index contributed by atoms with van der Waals surface area (Å²) >= 11 is 0.